The number of carbonyl (C=O) groups excluding carboxylic acids is 1. The van der Waals surface area contributed by atoms with Crippen molar-refractivity contribution in [1.29, 1.82) is 0 Å². The topological polar surface area (TPSA) is 60.7 Å². The van der Waals surface area contributed by atoms with Gasteiger partial charge in [-0.25, -0.2) is 4.79 Å². The normalized spacial score (nSPS) is 15.8. The van der Waals surface area contributed by atoms with E-state index in [-0.39, 0.29) is 11.9 Å². The highest BCUT2D eigenvalue weighted by molar-refractivity contribution is 6.32. The van der Waals surface area contributed by atoms with E-state index in [4.69, 9.17) is 25.5 Å². The lowest BCUT2D eigenvalue weighted by atomic mass is 10.1. The minimum Gasteiger partial charge on any atom is -0.489 e. The van der Waals surface area contributed by atoms with Crippen molar-refractivity contribution in [2.24, 2.45) is 0 Å². The summed E-state index contributed by atoms with van der Waals surface area (Å²) in [5.74, 6) is 0.352. The van der Waals surface area contributed by atoms with Gasteiger partial charge in [-0.2, -0.15) is 0 Å². The monoisotopic (exact) mass is 337 g/mol. The van der Waals surface area contributed by atoms with Crippen LogP contribution in [-0.2, 0) is 4.74 Å². The maximum Gasteiger partial charge on any atom is 0.374 e. The molecule has 3 rings (SSSR count). The van der Waals surface area contributed by atoms with Crippen LogP contribution in [0.15, 0.2) is 16.5 Å². The molecule has 23 heavy (non-hydrogen) atoms. The second-order valence-corrected chi connectivity index (χ2v) is 6.03. The Hall–Kier alpha value is -1.72. The lowest BCUT2D eigenvalue weighted by molar-refractivity contribution is 0.0491. The lowest BCUT2D eigenvalue weighted by Crippen LogP contribution is -2.34. The molecule has 5 nitrogen and oxygen atoms in total. The molecular weight excluding hydrogens is 318 g/mol. The molecule has 1 aromatic heterocycles. The SMILES string of the molecule is CCOC(=O)c1oc2cc(OC3CCNCC3)c(Cl)cc2c1C. The molecule has 0 atom stereocenters. The Morgan fingerprint density at radius 1 is 1.39 bits per heavy atom. The third kappa shape index (κ3) is 3.31. The van der Waals surface area contributed by atoms with Crippen LogP contribution in [0.1, 0.15) is 35.9 Å². The first-order chi connectivity index (χ1) is 11.1. The molecule has 2 heterocycles. The van der Waals surface area contributed by atoms with Crippen molar-refractivity contribution in [3.63, 3.8) is 0 Å². The number of rotatable bonds is 4. The number of esters is 1. The molecule has 6 heteroatoms. The molecule has 2 aromatic rings. The molecule has 0 amide bonds. The van der Waals surface area contributed by atoms with Crippen LogP contribution in [-0.4, -0.2) is 31.8 Å². The molecule has 124 valence electrons. The summed E-state index contributed by atoms with van der Waals surface area (Å²) in [6.45, 7) is 5.77. The van der Waals surface area contributed by atoms with Gasteiger partial charge in [-0.05, 0) is 45.8 Å². The predicted molar refractivity (Wildman–Crippen MR) is 88.4 cm³/mol. The van der Waals surface area contributed by atoms with Gasteiger partial charge in [0.15, 0.2) is 0 Å². The number of carbonyl (C=O) groups is 1. The zero-order valence-electron chi connectivity index (χ0n) is 13.3. The van der Waals surface area contributed by atoms with Crippen molar-refractivity contribution in [2.45, 2.75) is 32.8 Å². The van der Waals surface area contributed by atoms with Crippen molar-refractivity contribution < 1.29 is 18.7 Å². The molecule has 1 saturated heterocycles. The molecule has 0 spiro atoms. The average molecular weight is 338 g/mol. The molecule has 0 unspecified atom stereocenters. The summed E-state index contributed by atoms with van der Waals surface area (Å²) in [5, 5.41) is 4.62. The van der Waals surface area contributed by atoms with E-state index in [0.717, 1.165) is 36.9 Å². The Bertz CT molecular complexity index is 719. The van der Waals surface area contributed by atoms with E-state index in [2.05, 4.69) is 5.32 Å². The number of hydrogen-bond acceptors (Lipinski definition) is 5. The van der Waals surface area contributed by atoms with E-state index in [9.17, 15) is 4.79 Å². The van der Waals surface area contributed by atoms with Gasteiger partial charge in [0.2, 0.25) is 5.76 Å². The van der Waals surface area contributed by atoms with Gasteiger partial charge in [-0.1, -0.05) is 11.6 Å². The van der Waals surface area contributed by atoms with Crippen LogP contribution in [0.2, 0.25) is 5.02 Å². The number of ether oxygens (including phenoxy) is 2. The van der Waals surface area contributed by atoms with Gasteiger partial charge in [0.05, 0.1) is 11.6 Å². The first-order valence-corrected chi connectivity index (χ1v) is 8.25. The Morgan fingerprint density at radius 2 is 2.13 bits per heavy atom. The largest absolute Gasteiger partial charge is 0.489 e. The van der Waals surface area contributed by atoms with Crippen molar-refractivity contribution >= 4 is 28.5 Å². The van der Waals surface area contributed by atoms with Crippen LogP contribution in [0.4, 0.5) is 0 Å². The number of halogens is 1. The third-order valence-electron chi connectivity index (χ3n) is 4.03. The molecule has 1 N–H and O–H groups in total. The van der Waals surface area contributed by atoms with E-state index in [1.54, 1.807) is 19.1 Å². The lowest BCUT2D eigenvalue weighted by Gasteiger charge is -2.24. The van der Waals surface area contributed by atoms with Crippen LogP contribution in [0, 0.1) is 6.92 Å². The molecule has 1 fully saturated rings. The van der Waals surface area contributed by atoms with Crippen LogP contribution >= 0.6 is 11.6 Å². The van der Waals surface area contributed by atoms with Crippen molar-refractivity contribution in [1.82, 2.24) is 5.32 Å². The molecule has 1 aliphatic heterocycles. The standard InChI is InChI=1S/C17H20ClNO4/c1-3-21-17(20)16-10(2)12-8-13(18)15(9-14(12)23-16)22-11-4-6-19-7-5-11/h8-9,11,19H,3-7H2,1-2H3. The average Bonchev–Trinajstić information content (AvgIpc) is 2.86. The van der Waals surface area contributed by atoms with Gasteiger partial charge >= 0.3 is 5.97 Å². The second kappa shape index (κ2) is 6.81. The number of fused-ring (bicyclic) bond motifs is 1. The summed E-state index contributed by atoms with van der Waals surface area (Å²) >= 11 is 6.35. The number of hydrogen-bond donors (Lipinski definition) is 1. The van der Waals surface area contributed by atoms with Crippen LogP contribution < -0.4 is 10.1 Å². The summed E-state index contributed by atoms with van der Waals surface area (Å²) in [5.41, 5.74) is 1.31. The quantitative estimate of drug-likeness (QED) is 0.862. The number of piperidine rings is 1. The summed E-state index contributed by atoms with van der Waals surface area (Å²) in [7, 11) is 0. The fourth-order valence-electron chi connectivity index (χ4n) is 2.80. The van der Waals surface area contributed by atoms with Crippen molar-refractivity contribution in [3.8, 4) is 5.75 Å². The highest BCUT2D eigenvalue weighted by Crippen LogP contribution is 2.35. The van der Waals surface area contributed by atoms with Gasteiger partial charge in [-0.3, -0.25) is 0 Å². The Morgan fingerprint density at radius 3 is 2.83 bits per heavy atom. The van der Waals surface area contributed by atoms with Gasteiger partial charge in [0.25, 0.3) is 0 Å². The number of furan rings is 1. The minimum atomic E-state index is -0.460. The first-order valence-electron chi connectivity index (χ1n) is 7.87. The van der Waals surface area contributed by atoms with E-state index in [1.165, 1.54) is 0 Å². The molecule has 0 aliphatic carbocycles. The molecule has 0 saturated carbocycles. The second-order valence-electron chi connectivity index (χ2n) is 5.62. The minimum absolute atomic E-state index is 0.145. The highest BCUT2D eigenvalue weighted by atomic mass is 35.5. The number of benzene rings is 1. The fraction of sp³-hybridized carbons (Fsp3) is 0.471. The smallest absolute Gasteiger partial charge is 0.374 e. The number of nitrogens with one attached hydrogen (secondary N) is 1. The van der Waals surface area contributed by atoms with Gasteiger partial charge < -0.3 is 19.2 Å². The van der Waals surface area contributed by atoms with Crippen LogP contribution in [0.25, 0.3) is 11.0 Å². The highest BCUT2D eigenvalue weighted by Gasteiger charge is 2.22. The first kappa shape index (κ1) is 16.1. The summed E-state index contributed by atoms with van der Waals surface area (Å²) < 4.78 is 16.7. The van der Waals surface area contributed by atoms with E-state index < -0.39 is 5.97 Å². The molecular formula is C17H20ClNO4. The zero-order valence-corrected chi connectivity index (χ0v) is 14.0. The van der Waals surface area contributed by atoms with E-state index >= 15 is 0 Å². The van der Waals surface area contributed by atoms with Crippen LogP contribution in [0.5, 0.6) is 5.75 Å². The summed E-state index contributed by atoms with van der Waals surface area (Å²) in [6.07, 6.45) is 2.03. The molecule has 0 radical (unpaired) electrons. The van der Waals surface area contributed by atoms with Crippen molar-refractivity contribution in [3.05, 3.63) is 28.5 Å². The van der Waals surface area contributed by atoms with Crippen molar-refractivity contribution in [2.75, 3.05) is 19.7 Å². The Balaban J connectivity index is 1.92. The molecule has 1 aliphatic rings. The maximum absolute atomic E-state index is 11.9. The van der Waals surface area contributed by atoms with Crippen LogP contribution in [0.3, 0.4) is 0 Å². The molecule has 1 aromatic carbocycles. The predicted octanol–water partition coefficient (Wildman–Crippen LogP) is 3.70. The summed E-state index contributed by atoms with van der Waals surface area (Å²) in [4.78, 5) is 11.9. The summed E-state index contributed by atoms with van der Waals surface area (Å²) in [6, 6.07) is 3.55. The fourth-order valence-corrected chi connectivity index (χ4v) is 3.00. The Kier molecular flexibility index (Phi) is 4.78. The Labute approximate surface area is 139 Å². The third-order valence-corrected chi connectivity index (χ3v) is 4.33. The van der Waals surface area contributed by atoms with Gasteiger partial charge in [0.1, 0.15) is 17.4 Å². The van der Waals surface area contributed by atoms with E-state index in [0.29, 0.717) is 23.0 Å². The van der Waals surface area contributed by atoms with Gasteiger partial charge in [-0.15, -0.1) is 0 Å². The molecule has 0 bridgehead atoms. The van der Waals surface area contributed by atoms with E-state index in [1.807, 2.05) is 6.92 Å². The maximum atomic E-state index is 11.9. The zero-order chi connectivity index (χ0) is 16.4. The van der Waals surface area contributed by atoms with Gasteiger partial charge in [0, 0.05) is 17.0 Å². The number of aryl methyl sites for hydroxylation is 1.